The van der Waals surface area contributed by atoms with Gasteiger partial charge in [0.2, 0.25) is 11.9 Å². The Bertz CT molecular complexity index is 355. The zero-order chi connectivity index (χ0) is 12.5. The Hall–Kier alpha value is -1.85. The van der Waals surface area contributed by atoms with Gasteiger partial charge in [-0.05, 0) is 12.5 Å². The molecular formula is C11H19N5O. The molecule has 1 aromatic heterocycles. The van der Waals surface area contributed by atoms with E-state index in [1.807, 2.05) is 6.92 Å². The molecule has 0 aliphatic heterocycles. The molecule has 0 fully saturated rings. The van der Waals surface area contributed by atoms with E-state index in [0.717, 1.165) is 13.0 Å². The van der Waals surface area contributed by atoms with Crippen molar-refractivity contribution in [2.75, 3.05) is 30.8 Å². The van der Waals surface area contributed by atoms with Crippen LogP contribution in [0.25, 0.3) is 0 Å². The molecule has 0 saturated carbocycles. The number of carbonyl (C=O) groups is 1. The molecule has 0 radical (unpaired) electrons. The van der Waals surface area contributed by atoms with Crippen LogP contribution in [0.2, 0.25) is 0 Å². The molecule has 0 aliphatic carbocycles. The largest absolute Gasteiger partial charge is 0.369 e. The lowest BCUT2D eigenvalue weighted by Gasteiger charge is -2.06. The summed E-state index contributed by atoms with van der Waals surface area (Å²) < 4.78 is 0. The second-order valence-electron chi connectivity index (χ2n) is 3.54. The Balaban J connectivity index is 2.28. The molecule has 94 valence electrons. The lowest BCUT2D eigenvalue weighted by Crippen LogP contribution is -2.26. The maximum atomic E-state index is 11.3. The molecular weight excluding hydrogens is 218 g/mol. The molecule has 17 heavy (non-hydrogen) atoms. The zero-order valence-corrected chi connectivity index (χ0v) is 10.3. The zero-order valence-electron chi connectivity index (χ0n) is 10.3. The van der Waals surface area contributed by atoms with Crippen molar-refractivity contribution in [3.8, 4) is 0 Å². The minimum absolute atomic E-state index is 0.0576. The molecule has 1 aromatic rings. The van der Waals surface area contributed by atoms with Crippen LogP contribution in [0.3, 0.4) is 0 Å². The fraction of sp³-hybridized carbons (Fsp3) is 0.545. The first-order chi connectivity index (χ1) is 8.26. The van der Waals surface area contributed by atoms with Gasteiger partial charge in [0, 0.05) is 32.8 Å². The molecule has 1 amide bonds. The van der Waals surface area contributed by atoms with Gasteiger partial charge < -0.3 is 16.0 Å². The topological polar surface area (TPSA) is 78.9 Å². The quantitative estimate of drug-likeness (QED) is 0.655. The summed E-state index contributed by atoms with van der Waals surface area (Å²) in [7, 11) is 1.76. The van der Waals surface area contributed by atoms with Crippen LogP contribution >= 0.6 is 0 Å². The maximum absolute atomic E-state index is 11.3. The summed E-state index contributed by atoms with van der Waals surface area (Å²) in [4.78, 5) is 19.5. The van der Waals surface area contributed by atoms with Crippen molar-refractivity contribution in [1.82, 2.24) is 15.3 Å². The van der Waals surface area contributed by atoms with Gasteiger partial charge in [-0.15, -0.1) is 0 Å². The number of anilines is 2. The summed E-state index contributed by atoms with van der Waals surface area (Å²) >= 11 is 0. The highest BCUT2D eigenvalue weighted by Crippen LogP contribution is 2.04. The average molecular weight is 237 g/mol. The summed E-state index contributed by atoms with van der Waals surface area (Å²) in [6.07, 6.45) is 3.06. The predicted molar refractivity (Wildman–Crippen MR) is 68.0 cm³/mol. The molecule has 0 atom stereocenters. The highest BCUT2D eigenvalue weighted by atomic mass is 16.1. The normalized spacial score (nSPS) is 9.76. The first-order valence-corrected chi connectivity index (χ1v) is 5.77. The van der Waals surface area contributed by atoms with Gasteiger partial charge in [0.05, 0.1) is 0 Å². The van der Waals surface area contributed by atoms with Crippen LogP contribution in [0.5, 0.6) is 0 Å². The van der Waals surface area contributed by atoms with Crippen molar-refractivity contribution in [1.29, 1.82) is 0 Å². The molecule has 0 bridgehead atoms. The fourth-order valence-electron chi connectivity index (χ4n) is 1.23. The molecule has 0 unspecified atom stereocenters. The third-order valence-electron chi connectivity index (χ3n) is 2.11. The van der Waals surface area contributed by atoms with Gasteiger partial charge in [0.1, 0.15) is 5.82 Å². The van der Waals surface area contributed by atoms with Crippen molar-refractivity contribution in [3.63, 3.8) is 0 Å². The van der Waals surface area contributed by atoms with Gasteiger partial charge in [0.15, 0.2) is 0 Å². The Morgan fingerprint density at radius 2 is 2.24 bits per heavy atom. The fourth-order valence-corrected chi connectivity index (χ4v) is 1.23. The number of rotatable bonds is 7. The van der Waals surface area contributed by atoms with Gasteiger partial charge in [-0.3, -0.25) is 4.79 Å². The smallest absolute Gasteiger partial charge is 0.224 e. The van der Waals surface area contributed by atoms with Gasteiger partial charge in [0.25, 0.3) is 0 Å². The lowest BCUT2D eigenvalue weighted by molar-refractivity contribution is -0.120. The highest BCUT2D eigenvalue weighted by molar-refractivity contribution is 5.76. The standard InChI is InChI=1S/C11H19N5O/c1-3-6-14-10(17)5-8-13-9-4-7-15-11(12-2)16-9/h4,7H,3,5-6,8H2,1-2H3,(H,14,17)(H2,12,13,15,16). The highest BCUT2D eigenvalue weighted by Gasteiger charge is 2.00. The molecule has 0 spiro atoms. The van der Waals surface area contributed by atoms with Crippen molar-refractivity contribution in [3.05, 3.63) is 12.3 Å². The maximum Gasteiger partial charge on any atom is 0.224 e. The number of amides is 1. The van der Waals surface area contributed by atoms with E-state index in [4.69, 9.17) is 0 Å². The second kappa shape index (κ2) is 7.43. The number of aromatic nitrogens is 2. The van der Waals surface area contributed by atoms with Gasteiger partial charge in [-0.1, -0.05) is 6.92 Å². The third-order valence-corrected chi connectivity index (χ3v) is 2.11. The summed E-state index contributed by atoms with van der Waals surface area (Å²) in [5.74, 6) is 1.33. The first kappa shape index (κ1) is 13.2. The average Bonchev–Trinajstić information content (AvgIpc) is 2.36. The minimum atomic E-state index is 0.0576. The Morgan fingerprint density at radius 3 is 2.94 bits per heavy atom. The summed E-state index contributed by atoms with van der Waals surface area (Å²) in [5.41, 5.74) is 0. The summed E-state index contributed by atoms with van der Waals surface area (Å²) in [6, 6.07) is 1.77. The lowest BCUT2D eigenvalue weighted by atomic mass is 10.3. The first-order valence-electron chi connectivity index (χ1n) is 5.77. The summed E-state index contributed by atoms with van der Waals surface area (Å²) in [6.45, 7) is 3.32. The summed E-state index contributed by atoms with van der Waals surface area (Å²) in [5, 5.41) is 8.74. The molecule has 0 saturated heterocycles. The van der Waals surface area contributed by atoms with Crippen LogP contribution < -0.4 is 16.0 Å². The molecule has 6 nitrogen and oxygen atoms in total. The van der Waals surface area contributed by atoms with E-state index in [1.165, 1.54) is 0 Å². The van der Waals surface area contributed by atoms with Crippen molar-refractivity contribution >= 4 is 17.7 Å². The Morgan fingerprint density at radius 1 is 1.41 bits per heavy atom. The van der Waals surface area contributed by atoms with Crippen LogP contribution in [0.15, 0.2) is 12.3 Å². The molecule has 0 aliphatic rings. The molecule has 0 aromatic carbocycles. The van der Waals surface area contributed by atoms with E-state index in [0.29, 0.717) is 24.7 Å². The van der Waals surface area contributed by atoms with Gasteiger partial charge in [-0.25, -0.2) is 4.98 Å². The number of carbonyl (C=O) groups excluding carboxylic acids is 1. The van der Waals surface area contributed by atoms with Crippen LogP contribution in [0, 0.1) is 0 Å². The van der Waals surface area contributed by atoms with E-state index in [-0.39, 0.29) is 5.91 Å². The SMILES string of the molecule is CCCNC(=O)CCNc1ccnc(NC)n1. The number of nitrogens with one attached hydrogen (secondary N) is 3. The van der Waals surface area contributed by atoms with E-state index in [9.17, 15) is 4.79 Å². The van der Waals surface area contributed by atoms with E-state index in [2.05, 4.69) is 25.9 Å². The molecule has 6 heteroatoms. The van der Waals surface area contributed by atoms with Crippen molar-refractivity contribution in [2.45, 2.75) is 19.8 Å². The molecule has 3 N–H and O–H groups in total. The number of hydrogen-bond acceptors (Lipinski definition) is 5. The van der Waals surface area contributed by atoms with E-state index < -0.39 is 0 Å². The molecule has 1 heterocycles. The van der Waals surface area contributed by atoms with Crippen molar-refractivity contribution in [2.24, 2.45) is 0 Å². The van der Waals surface area contributed by atoms with Gasteiger partial charge >= 0.3 is 0 Å². The predicted octanol–water partition coefficient (Wildman–Crippen LogP) is 0.846. The van der Waals surface area contributed by atoms with Crippen LogP contribution in [0.4, 0.5) is 11.8 Å². The van der Waals surface area contributed by atoms with E-state index >= 15 is 0 Å². The van der Waals surface area contributed by atoms with Crippen molar-refractivity contribution < 1.29 is 4.79 Å². The second-order valence-corrected chi connectivity index (χ2v) is 3.54. The van der Waals surface area contributed by atoms with Gasteiger partial charge in [-0.2, -0.15) is 4.98 Å². The van der Waals surface area contributed by atoms with Crippen LogP contribution in [-0.2, 0) is 4.79 Å². The van der Waals surface area contributed by atoms with E-state index in [1.54, 1.807) is 19.3 Å². The monoisotopic (exact) mass is 237 g/mol. The Kier molecular flexibility index (Phi) is 5.77. The third kappa shape index (κ3) is 5.14. The van der Waals surface area contributed by atoms with Crippen LogP contribution in [-0.4, -0.2) is 36.0 Å². The molecule has 1 rings (SSSR count). The Labute approximate surface area is 101 Å². The number of nitrogens with zero attached hydrogens (tertiary/aromatic N) is 2. The van der Waals surface area contributed by atoms with Crippen LogP contribution in [0.1, 0.15) is 19.8 Å². The number of hydrogen-bond donors (Lipinski definition) is 3. The minimum Gasteiger partial charge on any atom is -0.369 e.